The van der Waals surface area contributed by atoms with E-state index in [1.165, 1.54) is 11.3 Å². The summed E-state index contributed by atoms with van der Waals surface area (Å²) >= 11 is 1.44. The number of aryl methyl sites for hydroxylation is 2. The van der Waals surface area contributed by atoms with E-state index in [1.54, 1.807) is 10.9 Å². The summed E-state index contributed by atoms with van der Waals surface area (Å²) in [6.07, 6.45) is 5.63. The molecule has 3 rings (SSSR count). The van der Waals surface area contributed by atoms with Crippen LogP contribution in [0.4, 0.5) is 5.95 Å². The molecule has 1 amide bonds. The Hall–Kier alpha value is -1.51. The zero-order valence-electron chi connectivity index (χ0n) is 13.9. The minimum Gasteiger partial charge on any atom is -0.317 e. The number of aromatic nitrogens is 4. The van der Waals surface area contributed by atoms with Gasteiger partial charge in [0.25, 0.3) is 5.91 Å². The molecular weight excluding hydrogens is 348 g/mol. The summed E-state index contributed by atoms with van der Waals surface area (Å²) in [5.41, 5.74) is 0. The lowest BCUT2D eigenvalue weighted by Gasteiger charge is -2.19. The number of anilines is 1. The monoisotopic (exact) mass is 370 g/mol. The average molecular weight is 371 g/mol. The standard InChI is InChI=1S/C15H22N6OS.ClH/c1-3-4-12-17-9-11(23-12)14(22)19-15-18-13(20-21(15)2)10-5-7-16-8-6-10;/h9-10,16H,3-8H2,1-2H3,(H,18,19,20,22);1H. The van der Waals surface area contributed by atoms with Crippen molar-refractivity contribution in [2.24, 2.45) is 7.05 Å². The zero-order valence-corrected chi connectivity index (χ0v) is 15.5. The number of halogens is 1. The van der Waals surface area contributed by atoms with Crippen molar-refractivity contribution >= 4 is 35.6 Å². The molecule has 1 fully saturated rings. The number of hydrogen-bond acceptors (Lipinski definition) is 6. The van der Waals surface area contributed by atoms with Crippen molar-refractivity contribution in [1.82, 2.24) is 25.1 Å². The molecule has 0 spiro atoms. The number of thiazole rings is 1. The summed E-state index contributed by atoms with van der Waals surface area (Å²) in [4.78, 5) is 21.7. The highest BCUT2D eigenvalue weighted by Gasteiger charge is 2.22. The highest BCUT2D eigenvalue weighted by atomic mass is 35.5. The van der Waals surface area contributed by atoms with Crippen molar-refractivity contribution in [2.75, 3.05) is 18.4 Å². The maximum Gasteiger partial charge on any atom is 0.269 e. The van der Waals surface area contributed by atoms with Gasteiger partial charge in [-0.1, -0.05) is 6.92 Å². The Morgan fingerprint density at radius 3 is 2.92 bits per heavy atom. The predicted octanol–water partition coefficient (Wildman–Crippen LogP) is 2.37. The Morgan fingerprint density at radius 1 is 1.46 bits per heavy atom. The van der Waals surface area contributed by atoms with E-state index in [2.05, 4.69) is 32.6 Å². The minimum atomic E-state index is -0.169. The van der Waals surface area contributed by atoms with Crippen molar-refractivity contribution in [1.29, 1.82) is 0 Å². The highest BCUT2D eigenvalue weighted by Crippen LogP contribution is 2.23. The largest absolute Gasteiger partial charge is 0.317 e. The van der Waals surface area contributed by atoms with Gasteiger partial charge in [0.1, 0.15) is 4.88 Å². The van der Waals surface area contributed by atoms with Crippen molar-refractivity contribution in [3.05, 3.63) is 21.9 Å². The summed E-state index contributed by atoms with van der Waals surface area (Å²) in [6.45, 7) is 4.08. The van der Waals surface area contributed by atoms with Crippen LogP contribution >= 0.6 is 23.7 Å². The van der Waals surface area contributed by atoms with Gasteiger partial charge in [-0.15, -0.1) is 23.7 Å². The van der Waals surface area contributed by atoms with Gasteiger partial charge in [-0.25, -0.2) is 9.67 Å². The molecule has 3 heterocycles. The molecule has 9 heteroatoms. The Labute approximate surface area is 151 Å². The SMILES string of the molecule is CCCc1ncc(C(=O)Nc2nc(C3CCNCC3)nn2C)s1.Cl. The molecule has 132 valence electrons. The van der Waals surface area contributed by atoms with Crippen molar-refractivity contribution in [3.63, 3.8) is 0 Å². The Bertz CT molecular complexity index is 679. The van der Waals surface area contributed by atoms with Crippen LogP contribution in [0, 0.1) is 0 Å². The molecule has 0 unspecified atom stereocenters. The topological polar surface area (TPSA) is 84.7 Å². The second kappa shape index (κ2) is 8.55. The number of carbonyl (C=O) groups is 1. The molecule has 1 saturated heterocycles. The fourth-order valence-corrected chi connectivity index (χ4v) is 3.59. The van der Waals surface area contributed by atoms with Crippen molar-refractivity contribution < 1.29 is 4.79 Å². The lowest BCUT2D eigenvalue weighted by molar-refractivity contribution is 0.102. The van der Waals surface area contributed by atoms with Crippen LogP contribution in [0.5, 0.6) is 0 Å². The van der Waals surface area contributed by atoms with Gasteiger partial charge in [0.2, 0.25) is 5.95 Å². The molecule has 1 aliphatic rings. The molecule has 1 aliphatic heterocycles. The maximum atomic E-state index is 12.3. The summed E-state index contributed by atoms with van der Waals surface area (Å²) < 4.78 is 1.64. The van der Waals surface area contributed by atoms with Crippen LogP contribution < -0.4 is 10.6 Å². The molecule has 0 aromatic carbocycles. The van der Waals surface area contributed by atoms with Crippen LogP contribution in [-0.2, 0) is 13.5 Å². The number of nitrogens with one attached hydrogen (secondary N) is 2. The Morgan fingerprint density at radius 2 is 2.21 bits per heavy atom. The molecule has 2 aromatic rings. The van der Waals surface area contributed by atoms with E-state index in [0.717, 1.165) is 49.6 Å². The van der Waals surface area contributed by atoms with Gasteiger partial charge in [-0.3, -0.25) is 10.1 Å². The first-order valence-corrected chi connectivity index (χ1v) is 8.86. The molecule has 7 nitrogen and oxygen atoms in total. The van der Waals surface area contributed by atoms with Gasteiger partial charge in [0.15, 0.2) is 5.82 Å². The molecule has 0 bridgehead atoms. The Balaban J connectivity index is 0.00000208. The van der Waals surface area contributed by atoms with E-state index < -0.39 is 0 Å². The third kappa shape index (κ3) is 4.31. The van der Waals surface area contributed by atoms with Crippen LogP contribution in [0.25, 0.3) is 0 Å². The number of carbonyl (C=O) groups excluding carboxylic acids is 1. The smallest absolute Gasteiger partial charge is 0.269 e. The number of hydrogen-bond donors (Lipinski definition) is 2. The normalized spacial score (nSPS) is 15.1. The number of amides is 1. The number of rotatable bonds is 5. The first-order chi connectivity index (χ1) is 11.2. The van der Waals surface area contributed by atoms with Crippen LogP contribution in [0.1, 0.15) is 52.6 Å². The molecular formula is C15H23ClN6OS. The van der Waals surface area contributed by atoms with E-state index >= 15 is 0 Å². The first-order valence-electron chi connectivity index (χ1n) is 8.05. The fourth-order valence-electron chi connectivity index (χ4n) is 2.67. The fraction of sp³-hybridized carbons (Fsp3) is 0.600. The molecule has 24 heavy (non-hydrogen) atoms. The van der Waals surface area contributed by atoms with Crippen LogP contribution in [0.2, 0.25) is 0 Å². The molecule has 0 atom stereocenters. The molecule has 0 radical (unpaired) electrons. The predicted molar refractivity (Wildman–Crippen MR) is 97.2 cm³/mol. The third-order valence-electron chi connectivity index (χ3n) is 3.95. The van der Waals surface area contributed by atoms with Gasteiger partial charge >= 0.3 is 0 Å². The van der Waals surface area contributed by atoms with Crippen LogP contribution in [-0.4, -0.2) is 38.7 Å². The highest BCUT2D eigenvalue weighted by molar-refractivity contribution is 7.13. The molecule has 2 aromatic heterocycles. The summed E-state index contributed by atoms with van der Waals surface area (Å²) in [6, 6.07) is 0. The maximum absolute atomic E-state index is 12.3. The molecule has 2 N–H and O–H groups in total. The quantitative estimate of drug-likeness (QED) is 0.844. The first kappa shape index (κ1) is 18.8. The van der Waals surface area contributed by atoms with Crippen LogP contribution in [0.15, 0.2) is 6.20 Å². The van der Waals surface area contributed by atoms with E-state index in [1.807, 2.05) is 7.05 Å². The van der Waals surface area contributed by atoms with Crippen molar-refractivity contribution in [2.45, 2.75) is 38.5 Å². The lowest BCUT2D eigenvalue weighted by Crippen LogP contribution is -2.27. The van der Waals surface area contributed by atoms with Gasteiger partial charge < -0.3 is 5.32 Å². The lowest BCUT2D eigenvalue weighted by atomic mass is 9.98. The van der Waals surface area contributed by atoms with Crippen LogP contribution in [0.3, 0.4) is 0 Å². The van der Waals surface area contributed by atoms with Gasteiger partial charge in [-0.2, -0.15) is 10.1 Å². The molecule has 0 aliphatic carbocycles. The summed E-state index contributed by atoms with van der Waals surface area (Å²) in [5, 5.41) is 11.6. The molecule has 0 saturated carbocycles. The van der Waals surface area contributed by atoms with Gasteiger partial charge in [0, 0.05) is 13.0 Å². The second-order valence-electron chi connectivity index (χ2n) is 5.76. The number of piperidine rings is 1. The third-order valence-corrected chi connectivity index (χ3v) is 5.01. The zero-order chi connectivity index (χ0) is 16.2. The average Bonchev–Trinajstić information content (AvgIpc) is 3.16. The van der Waals surface area contributed by atoms with E-state index in [9.17, 15) is 4.79 Å². The van der Waals surface area contributed by atoms with E-state index in [0.29, 0.717) is 16.7 Å². The van der Waals surface area contributed by atoms with Gasteiger partial charge in [0.05, 0.1) is 11.2 Å². The number of nitrogens with zero attached hydrogens (tertiary/aromatic N) is 4. The summed E-state index contributed by atoms with van der Waals surface area (Å²) in [5.74, 6) is 1.51. The Kier molecular flexibility index (Phi) is 6.70. The summed E-state index contributed by atoms with van der Waals surface area (Å²) in [7, 11) is 1.81. The minimum absolute atomic E-state index is 0. The second-order valence-corrected chi connectivity index (χ2v) is 6.88. The van der Waals surface area contributed by atoms with E-state index in [-0.39, 0.29) is 18.3 Å². The van der Waals surface area contributed by atoms with E-state index in [4.69, 9.17) is 0 Å². The van der Waals surface area contributed by atoms with Gasteiger partial charge in [-0.05, 0) is 38.8 Å². The van der Waals surface area contributed by atoms with Crippen molar-refractivity contribution in [3.8, 4) is 0 Å².